The number of carbonyl (C=O) groups excluding carboxylic acids is 1. The normalized spacial score (nSPS) is 11.5. The molecular weight excluding hydrogens is 316 g/mol. The van der Waals surface area contributed by atoms with Crippen molar-refractivity contribution in [1.29, 1.82) is 0 Å². The van der Waals surface area contributed by atoms with E-state index in [-0.39, 0.29) is 13.1 Å². The molecular formula is C13H19F2N3O3S. The zero-order valence-electron chi connectivity index (χ0n) is 12.3. The molecule has 22 heavy (non-hydrogen) atoms. The lowest BCUT2D eigenvalue weighted by molar-refractivity contribution is 0.239. The van der Waals surface area contributed by atoms with Gasteiger partial charge in [0.1, 0.15) is 16.5 Å². The van der Waals surface area contributed by atoms with E-state index in [9.17, 15) is 22.0 Å². The topological polar surface area (TPSA) is 87.3 Å². The van der Waals surface area contributed by atoms with Crippen LogP contribution in [0.25, 0.3) is 0 Å². The largest absolute Gasteiger partial charge is 0.338 e. The molecule has 0 aliphatic heterocycles. The Morgan fingerprint density at radius 2 is 1.86 bits per heavy atom. The van der Waals surface area contributed by atoms with Crippen molar-refractivity contribution >= 4 is 16.1 Å². The number of sulfonamides is 1. The van der Waals surface area contributed by atoms with Crippen molar-refractivity contribution in [2.24, 2.45) is 5.92 Å². The van der Waals surface area contributed by atoms with E-state index in [1.807, 2.05) is 13.8 Å². The predicted molar refractivity (Wildman–Crippen MR) is 77.8 cm³/mol. The van der Waals surface area contributed by atoms with Crippen LogP contribution in [0.2, 0.25) is 0 Å². The van der Waals surface area contributed by atoms with Gasteiger partial charge in [0.05, 0.1) is 0 Å². The molecule has 0 fully saturated rings. The highest BCUT2D eigenvalue weighted by Crippen LogP contribution is 2.14. The van der Waals surface area contributed by atoms with Crippen LogP contribution in [-0.4, -0.2) is 34.1 Å². The van der Waals surface area contributed by atoms with Gasteiger partial charge in [-0.3, -0.25) is 0 Å². The zero-order valence-corrected chi connectivity index (χ0v) is 13.1. The Morgan fingerprint density at radius 3 is 2.45 bits per heavy atom. The van der Waals surface area contributed by atoms with Crippen LogP contribution in [-0.2, 0) is 10.0 Å². The third kappa shape index (κ3) is 5.94. The number of hydrogen-bond donors (Lipinski definition) is 3. The molecule has 0 aliphatic rings. The van der Waals surface area contributed by atoms with E-state index in [1.54, 1.807) is 0 Å². The van der Waals surface area contributed by atoms with Crippen molar-refractivity contribution < 1.29 is 22.0 Å². The Labute approximate surface area is 128 Å². The summed E-state index contributed by atoms with van der Waals surface area (Å²) in [6, 6.07) is 1.78. The third-order valence-electron chi connectivity index (χ3n) is 2.56. The number of benzene rings is 1. The summed E-state index contributed by atoms with van der Waals surface area (Å²) in [5.74, 6) is -1.74. The van der Waals surface area contributed by atoms with Gasteiger partial charge in [-0.25, -0.2) is 26.7 Å². The first-order valence-electron chi connectivity index (χ1n) is 6.69. The van der Waals surface area contributed by atoms with Gasteiger partial charge in [0.15, 0.2) is 0 Å². The van der Waals surface area contributed by atoms with Gasteiger partial charge in [-0.05, 0) is 18.1 Å². The van der Waals surface area contributed by atoms with Crippen LogP contribution in [0.3, 0.4) is 0 Å². The van der Waals surface area contributed by atoms with Gasteiger partial charge in [0, 0.05) is 25.7 Å². The van der Waals surface area contributed by atoms with Crippen LogP contribution in [0.1, 0.15) is 13.8 Å². The molecule has 2 amide bonds. The lowest BCUT2D eigenvalue weighted by Crippen LogP contribution is -2.41. The lowest BCUT2D eigenvalue weighted by atomic mass is 10.2. The maximum atomic E-state index is 13.4. The molecule has 0 saturated heterocycles. The first-order valence-corrected chi connectivity index (χ1v) is 8.17. The molecule has 1 rings (SSSR count). The molecule has 0 bridgehead atoms. The molecule has 0 saturated carbocycles. The molecule has 0 unspecified atom stereocenters. The highest BCUT2D eigenvalue weighted by Gasteiger charge is 2.18. The fraction of sp³-hybridized carbons (Fsp3) is 0.462. The summed E-state index contributed by atoms with van der Waals surface area (Å²) in [7, 11) is -4.09. The Hall–Kier alpha value is -1.74. The van der Waals surface area contributed by atoms with Gasteiger partial charge >= 0.3 is 6.03 Å². The average molecular weight is 335 g/mol. The molecule has 0 atom stereocenters. The van der Waals surface area contributed by atoms with Crippen molar-refractivity contribution in [3.63, 3.8) is 0 Å². The number of amides is 2. The summed E-state index contributed by atoms with van der Waals surface area (Å²) in [6.07, 6.45) is 0. The molecule has 0 heterocycles. The summed E-state index contributed by atoms with van der Waals surface area (Å²) in [5, 5.41) is 5.05. The Balaban J connectivity index is 2.45. The monoisotopic (exact) mass is 335 g/mol. The van der Waals surface area contributed by atoms with E-state index in [0.29, 0.717) is 18.5 Å². The van der Waals surface area contributed by atoms with E-state index in [1.165, 1.54) is 0 Å². The van der Waals surface area contributed by atoms with Gasteiger partial charge in [-0.2, -0.15) is 0 Å². The summed E-state index contributed by atoms with van der Waals surface area (Å²) in [5.41, 5.74) is 0. The second-order valence-corrected chi connectivity index (χ2v) is 6.74. The first kappa shape index (κ1) is 18.3. The van der Waals surface area contributed by atoms with Crippen LogP contribution in [0.15, 0.2) is 23.1 Å². The van der Waals surface area contributed by atoms with Crippen LogP contribution >= 0.6 is 0 Å². The highest BCUT2D eigenvalue weighted by atomic mass is 32.2. The molecule has 6 nitrogen and oxygen atoms in total. The van der Waals surface area contributed by atoms with Crippen molar-refractivity contribution in [3.05, 3.63) is 29.8 Å². The maximum absolute atomic E-state index is 13.4. The van der Waals surface area contributed by atoms with Gasteiger partial charge in [0.25, 0.3) is 0 Å². The van der Waals surface area contributed by atoms with Gasteiger partial charge < -0.3 is 10.6 Å². The number of carbonyl (C=O) groups is 1. The second kappa shape index (κ2) is 8.04. The van der Waals surface area contributed by atoms with Crippen LogP contribution in [0.4, 0.5) is 13.6 Å². The van der Waals surface area contributed by atoms with Crippen molar-refractivity contribution in [2.75, 3.05) is 19.6 Å². The van der Waals surface area contributed by atoms with Crippen molar-refractivity contribution in [3.8, 4) is 0 Å². The predicted octanol–water partition coefficient (Wildman–Crippen LogP) is 1.20. The van der Waals surface area contributed by atoms with E-state index in [2.05, 4.69) is 15.4 Å². The zero-order chi connectivity index (χ0) is 16.8. The summed E-state index contributed by atoms with van der Waals surface area (Å²) in [6.45, 7) is 4.29. The van der Waals surface area contributed by atoms with Crippen LogP contribution in [0.5, 0.6) is 0 Å². The summed E-state index contributed by atoms with van der Waals surface area (Å²) >= 11 is 0. The number of rotatable bonds is 7. The molecule has 1 aromatic rings. The van der Waals surface area contributed by atoms with Gasteiger partial charge in [-0.1, -0.05) is 13.8 Å². The van der Waals surface area contributed by atoms with Gasteiger partial charge in [0.2, 0.25) is 10.0 Å². The third-order valence-corrected chi connectivity index (χ3v) is 4.05. The van der Waals surface area contributed by atoms with Crippen LogP contribution < -0.4 is 15.4 Å². The fourth-order valence-electron chi connectivity index (χ4n) is 1.49. The summed E-state index contributed by atoms with van der Waals surface area (Å²) < 4.78 is 51.9. The molecule has 3 N–H and O–H groups in total. The van der Waals surface area contributed by atoms with E-state index < -0.39 is 32.6 Å². The number of halogens is 2. The van der Waals surface area contributed by atoms with E-state index >= 15 is 0 Å². The molecule has 9 heteroatoms. The minimum absolute atomic E-state index is 0.0337. The quantitative estimate of drug-likeness (QED) is 0.654. The molecule has 1 aromatic carbocycles. The molecule has 0 radical (unpaired) electrons. The lowest BCUT2D eigenvalue weighted by Gasteiger charge is -2.10. The van der Waals surface area contributed by atoms with Crippen molar-refractivity contribution in [1.82, 2.24) is 15.4 Å². The number of nitrogens with one attached hydrogen (secondary N) is 3. The molecule has 0 spiro atoms. The van der Waals surface area contributed by atoms with E-state index in [4.69, 9.17) is 0 Å². The Bertz CT molecular complexity index is 621. The smallest absolute Gasteiger partial charge is 0.314 e. The SMILES string of the molecule is CC(C)CNC(=O)NCCNS(=O)(=O)c1ccc(F)cc1F. The van der Waals surface area contributed by atoms with Gasteiger partial charge in [-0.15, -0.1) is 0 Å². The summed E-state index contributed by atoms with van der Waals surface area (Å²) in [4.78, 5) is 10.7. The van der Waals surface area contributed by atoms with Crippen LogP contribution in [0, 0.1) is 17.6 Å². The number of hydrogen-bond acceptors (Lipinski definition) is 3. The minimum atomic E-state index is -4.09. The van der Waals surface area contributed by atoms with Crippen molar-refractivity contribution in [2.45, 2.75) is 18.7 Å². The number of urea groups is 1. The Kier molecular flexibility index (Phi) is 6.69. The van der Waals surface area contributed by atoms with E-state index in [0.717, 1.165) is 12.1 Å². The average Bonchev–Trinajstić information content (AvgIpc) is 2.41. The molecule has 124 valence electrons. The first-order chi connectivity index (χ1) is 10.2. The second-order valence-electron chi connectivity index (χ2n) is 5.00. The maximum Gasteiger partial charge on any atom is 0.314 e. The highest BCUT2D eigenvalue weighted by molar-refractivity contribution is 7.89. The fourth-order valence-corrected chi connectivity index (χ4v) is 2.58. The molecule has 0 aliphatic carbocycles. The minimum Gasteiger partial charge on any atom is -0.338 e. The Morgan fingerprint density at radius 1 is 1.18 bits per heavy atom. The standard InChI is InChI=1S/C13H19F2N3O3S/c1-9(2)8-17-13(19)16-5-6-18-22(20,21)12-4-3-10(14)7-11(12)15/h3-4,7,9,18H,5-6,8H2,1-2H3,(H2,16,17,19). The molecule has 0 aromatic heterocycles.